The Morgan fingerprint density at radius 2 is 2.00 bits per heavy atom. The highest BCUT2D eigenvalue weighted by atomic mass is 79.9. The number of benzene rings is 2. The number of amides is 1. The Kier molecular flexibility index (Phi) is 3.51. The van der Waals surface area contributed by atoms with Gasteiger partial charge in [-0.2, -0.15) is 0 Å². The van der Waals surface area contributed by atoms with E-state index in [2.05, 4.69) is 15.9 Å². The van der Waals surface area contributed by atoms with E-state index >= 15 is 0 Å². The average Bonchev–Trinajstić information content (AvgIpc) is 2.76. The molecular formula is C16H12BrNO3. The van der Waals surface area contributed by atoms with E-state index in [0.717, 1.165) is 21.3 Å². The molecule has 106 valence electrons. The fourth-order valence-corrected chi connectivity index (χ4v) is 2.90. The summed E-state index contributed by atoms with van der Waals surface area (Å²) in [5, 5.41) is 9.01. The Balaban J connectivity index is 1.94. The minimum absolute atomic E-state index is 0.0108. The summed E-state index contributed by atoms with van der Waals surface area (Å²) < 4.78 is 0.952. The first-order valence-corrected chi connectivity index (χ1v) is 7.25. The van der Waals surface area contributed by atoms with E-state index in [1.165, 1.54) is 6.07 Å². The van der Waals surface area contributed by atoms with Gasteiger partial charge in [-0.1, -0.05) is 34.1 Å². The van der Waals surface area contributed by atoms with Gasteiger partial charge in [0.2, 0.25) is 5.91 Å². The monoisotopic (exact) mass is 345 g/mol. The van der Waals surface area contributed by atoms with Crippen molar-refractivity contribution in [2.45, 2.75) is 13.0 Å². The molecule has 4 nitrogen and oxygen atoms in total. The van der Waals surface area contributed by atoms with Gasteiger partial charge in [-0.3, -0.25) is 4.79 Å². The van der Waals surface area contributed by atoms with Crippen LogP contribution in [0.25, 0.3) is 0 Å². The first-order chi connectivity index (χ1) is 10.1. The zero-order valence-corrected chi connectivity index (χ0v) is 12.6. The molecule has 1 heterocycles. The molecule has 1 aliphatic heterocycles. The zero-order valence-electron chi connectivity index (χ0n) is 11.0. The molecule has 3 rings (SSSR count). The van der Waals surface area contributed by atoms with Crippen LogP contribution < -0.4 is 4.90 Å². The lowest BCUT2D eigenvalue weighted by atomic mass is 10.1. The number of rotatable bonds is 3. The summed E-state index contributed by atoms with van der Waals surface area (Å²) in [5.41, 5.74) is 2.79. The molecule has 0 fully saturated rings. The number of anilines is 1. The van der Waals surface area contributed by atoms with Crippen LogP contribution in [0.2, 0.25) is 0 Å². The van der Waals surface area contributed by atoms with Gasteiger partial charge in [0.15, 0.2) is 0 Å². The quantitative estimate of drug-likeness (QED) is 0.928. The number of carboxylic acid groups (broad SMARTS) is 1. The van der Waals surface area contributed by atoms with Crippen LogP contribution in [0.5, 0.6) is 0 Å². The molecule has 0 aliphatic carbocycles. The molecule has 2 aromatic rings. The Hall–Kier alpha value is -2.14. The lowest BCUT2D eigenvalue weighted by molar-refractivity contribution is -0.117. The maximum absolute atomic E-state index is 12.2. The van der Waals surface area contributed by atoms with Crippen molar-refractivity contribution >= 4 is 33.5 Å². The molecule has 0 bridgehead atoms. The second-order valence-electron chi connectivity index (χ2n) is 4.90. The Labute approximate surface area is 130 Å². The lowest BCUT2D eigenvalue weighted by Gasteiger charge is -2.18. The molecule has 1 amide bonds. The number of carbonyl (C=O) groups excluding carboxylic acids is 1. The van der Waals surface area contributed by atoms with Crippen LogP contribution in [0.1, 0.15) is 21.5 Å². The first kappa shape index (κ1) is 13.8. The van der Waals surface area contributed by atoms with E-state index in [9.17, 15) is 9.59 Å². The standard InChI is InChI=1S/C16H12BrNO3/c17-13-4-2-1-3-11(13)9-18-14-6-5-10(16(20)21)7-12(14)8-15(18)19/h1-7H,8-9H2,(H,20,21). The van der Waals surface area contributed by atoms with Crippen molar-refractivity contribution in [2.24, 2.45) is 0 Å². The summed E-state index contributed by atoms with van der Waals surface area (Å²) in [6.07, 6.45) is 0.251. The third-order valence-electron chi connectivity index (χ3n) is 3.55. The third kappa shape index (κ3) is 2.56. The van der Waals surface area contributed by atoms with Gasteiger partial charge in [-0.15, -0.1) is 0 Å². The molecule has 0 saturated heterocycles. The lowest BCUT2D eigenvalue weighted by Crippen LogP contribution is -2.26. The Bertz CT molecular complexity index is 742. The van der Waals surface area contributed by atoms with Gasteiger partial charge < -0.3 is 10.0 Å². The fraction of sp³-hybridized carbons (Fsp3) is 0.125. The van der Waals surface area contributed by atoms with Crippen LogP contribution in [-0.4, -0.2) is 17.0 Å². The summed E-state index contributed by atoms with van der Waals surface area (Å²) in [5.74, 6) is -0.988. The molecule has 0 atom stereocenters. The van der Waals surface area contributed by atoms with Crippen LogP contribution >= 0.6 is 15.9 Å². The molecule has 0 spiro atoms. The summed E-state index contributed by atoms with van der Waals surface area (Å²) in [4.78, 5) is 24.9. The maximum Gasteiger partial charge on any atom is 0.335 e. The molecule has 0 saturated carbocycles. The normalized spacial score (nSPS) is 13.4. The SMILES string of the molecule is O=C(O)c1ccc2c(c1)CC(=O)N2Cc1ccccc1Br. The van der Waals surface area contributed by atoms with Crippen molar-refractivity contribution in [1.29, 1.82) is 0 Å². The van der Waals surface area contributed by atoms with Crippen molar-refractivity contribution < 1.29 is 14.7 Å². The second-order valence-corrected chi connectivity index (χ2v) is 5.75. The molecule has 0 aromatic heterocycles. The summed E-state index contributed by atoms with van der Waals surface area (Å²) in [7, 11) is 0. The van der Waals surface area contributed by atoms with Crippen LogP contribution in [0.15, 0.2) is 46.9 Å². The van der Waals surface area contributed by atoms with E-state index in [-0.39, 0.29) is 17.9 Å². The fourth-order valence-electron chi connectivity index (χ4n) is 2.49. The van der Waals surface area contributed by atoms with E-state index in [1.807, 2.05) is 24.3 Å². The van der Waals surface area contributed by atoms with Gasteiger partial charge in [0, 0.05) is 10.2 Å². The van der Waals surface area contributed by atoms with Crippen molar-refractivity contribution in [3.63, 3.8) is 0 Å². The predicted molar refractivity (Wildman–Crippen MR) is 82.4 cm³/mol. The molecular weight excluding hydrogens is 334 g/mol. The van der Waals surface area contributed by atoms with E-state index in [0.29, 0.717) is 6.54 Å². The molecule has 1 N–H and O–H groups in total. The number of aromatic carboxylic acids is 1. The van der Waals surface area contributed by atoms with Crippen LogP contribution in [-0.2, 0) is 17.8 Å². The zero-order chi connectivity index (χ0) is 15.0. The number of fused-ring (bicyclic) bond motifs is 1. The van der Waals surface area contributed by atoms with E-state index in [4.69, 9.17) is 5.11 Å². The second kappa shape index (κ2) is 5.33. The highest BCUT2D eigenvalue weighted by Gasteiger charge is 2.28. The van der Waals surface area contributed by atoms with Crippen LogP contribution in [0.4, 0.5) is 5.69 Å². The van der Waals surface area contributed by atoms with E-state index in [1.54, 1.807) is 17.0 Å². The van der Waals surface area contributed by atoms with Gasteiger partial charge >= 0.3 is 5.97 Å². The van der Waals surface area contributed by atoms with Gasteiger partial charge in [-0.05, 0) is 35.4 Å². The molecule has 0 unspecified atom stereocenters. The van der Waals surface area contributed by atoms with Crippen LogP contribution in [0, 0.1) is 0 Å². The number of hydrogen-bond donors (Lipinski definition) is 1. The van der Waals surface area contributed by atoms with Crippen LogP contribution in [0.3, 0.4) is 0 Å². The largest absolute Gasteiger partial charge is 0.478 e. The van der Waals surface area contributed by atoms with Crippen molar-refractivity contribution in [1.82, 2.24) is 0 Å². The number of carbonyl (C=O) groups is 2. The number of halogens is 1. The third-order valence-corrected chi connectivity index (χ3v) is 4.32. The highest BCUT2D eigenvalue weighted by molar-refractivity contribution is 9.10. The average molecular weight is 346 g/mol. The molecule has 0 radical (unpaired) electrons. The van der Waals surface area contributed by atoms with Gasteiger partial charge in [-0.25, -0.2) is 4.79 Å². The molecule has 21 heavy (non-hydrogen) atoms. The Morgan fingerprint density at radius 1 is 1.24 bits per heavy atom. The predicted octanol–water partition coefficient (Wildman–Crippen LogP) is 3.24. The van der Waals surface area contributed by atoms with Crippen molar-refractivity contribution in [3.8, 4) is 0 Å². The van der Waals surface area contributed by atoms with Gasteiger partial charge in [0.1, 0.15) is 0 Å². The summed E-state index contributed by atoms with van der Waals surface area (Å²) in [6.45, 7) is 0.472. The topological polar surface area (TPSA) is 57.6 Å². The summed E-state index contributed by atoms with van der Waals surface area (Å²) in [6, 6.07) is 12.6. The summed E-state index contributed by atoms with van der Waals surface area (Å²) >= 11 is 3.48. The van der Waals surface area contributed by atoms with Gasteiger partial charge in [0.05, 0.1) is 18.5 Å². The minimum Gasteiger partial charge on any atom is -0.478 e. The number of hydrogen-bond acceptors (Lipinski definition) is 2. The van der Waals surface area contributed by atoms with E-state index < -0.39 is 5.97 Å². The van der Waals surface area contributed by atoms with Crippen molar-refractivity contribution in [3.05, 3.63) is 63.6 Å². The van der Waals surface area contributed by atoms with Crippen molar-refractivity contribution in [2.75, 3.05) is 4.90 Å². The molecule has 5 heteroatoms. The highest BCUT2D eigenvalue weighted by Crippen LogP contribution is 2.32. The molecule has 1 aliphatic rings. The first-order valence-electron chi connectivity index (χ1n) is 6.46. The minimum atomic E-state index is -0.977. The maximum atomic E-state index is 12.2. The molecule has 2 aromatic carbocycles. The smallest absolute Gasteiger partial charge is 0.335 e. The number of carboxylic acids is 1. The number of nitrogens with zero attached hydrogens (tertiary/aromatic N) is 1. The Morgan fingerprint density at radius 3 is 2.71 bits per heavy atom. The van der Waals surface area contributed by atoms with Gasteiger partial charge in [0.25, 0.3) is 0 Å².